The summed E-state index contributed by atoms with van der Waals surface area (Å²) in [6.07, 6.45) is 6.65. The van der Waals surface area contributed by atoms with Crippen molar-refractivity contribution in [2.24, 2.45) is 0 Å². The largest absolute Gasteiger partial charge is 0.489 e. The first-order valence-corrected chi connectivity index (χ1v) is 14.0. The highest BCUT2D eigenvalue weighted by Crippen LogP contribution is 2.35. The molecule has 0 N–H and O–H groups in total. The number of rotatable bonds is 10. The Balaban J connectivity index is 0.000000293. The molecule has 7 nitrogen and oxygen atoms in total. The lowest BCUT2D eigenvalue weighted by molar-refractivity contribution is -0.148. The van der Waals surface area contributed by atoms with Crippen LogP contribution in [-0.2, 0) is 9.53 Å². The summed E-state index contributed by atoms with van der Waals surface area (Å²) in [5.74, 6) is 0.250. The summed E-state index contributed by atoms with van der Waals surface area (Å²) < 4.78 is 12.4. The van der Waals surface area contributed by atoms with Crippen molar-refractivity contribution in [2.45, 2.75) is 60.0 Å². The molecular formula is C29H36Cl3N3O4. The van der Waals surface area contributed by atoms with Gasteiger partial charge in [-0.05, 0) is 62.4 Å². The number of hydrogen-bond donors (Lipinski definition) is 0. The van der Waals surface area contributed by atoms with E-state index in [1.807, 2.05) is 32.9 Å². The fourth-order valence-electron chi connectivity index (χ4n) is 3.77. The maximum atomic E-state index is 12.3. The van der Waals surface area contributed by atoms with Crippen molar-refractivity contribution in [1.29, 1.82) is 0 Å². The molecule has 0 saturated carbocycles. The van der Waals surface area contributed by atoms with E-state index in [1.165, 1.54) is 22.0 Å². The van der Waals surface area contributed by atoms with Crippen LogP contribution in [-0.4, -0.2) is 46.1 Å². The Kier molecular flexibility index (Phi) is 13.6. The molecule has 3 aromatic rings. The SMILES string of the molecule is CCCC(=O)OC(C)c1cccc(C)c1C.CCCN(CCOc1c(Cl)cc(Cl)cc1Cl)C(=O)n1ccnc1. The van der Waals surface area contributed by atoms with Crippen LogP contribution in [0.3, 0.4) is 0 Å². The molecule has 1 unspecified atom stereocenters. The summed E-state index contributed by atoms with van der Waals surface area (Å²) >= 11 is 18.0. The molecule has 1 aromatic heterocycles. The summed E-state index contributed by atoms with van der Waals surface area (Å²) in [5.41, 5.74) is 3.54. The van der Waals surface area contributed by atoms with Crippen LogP contribution in [0.5, 0.6) is 5.75 Å². The van der Waals surface area contributed by atoms with Gasteiger partial charge in [-0.2, -0.15) is 0 Å². The fourth-order valence-corrected chi connectivity index (χ4v) is 4.70. The quantitative estimate of drug-likeness (QED) is 0.220. The van der Waals surface area contributed by atoms with Crippen LogP contribution in [0.2, 0.25) is 15.1 Å². The molecule has 0 aliphatic heterocycles. The zero-order chi connectivity index (χ0) is 28.9. The van der Waals surface area contributed by atoms with E-state index in [2.05, 4.69) is 24.9 Å². The number of hydrogen-bond acceptors (Lipinski definition) is 5. The van der Waals surface area contributed by atoms with E-state index in [0.29, 0.717) is 40.3 Å². The molecule has 3 rings (SSSR count). The minimum absolute atomic E-state index is 0.115. The van der Waals surface area contributed by atoms with Crippen LogP contribution in [0.1, 0.15) is 62.8 Å². The van der Waals surface area contributed by atoms with Gasteiger partial charge in [0.2, 0.25) is 0 Å². The van der Waals surface area contributed by atoms with Crippen LogP contribution in [0.15, 0.2) is 49.1 Å². The number of esters is 1. The zero-order valence-corrected chi connectivity index (χ0v) is 25.3. The lowest BCUT2D eigenvalue weighted by Gasteiger charge is -2.22. The molecule has 0 bridgehead atoms. The first-order chi connectivity index (χ1) is 18.6. The number of nitrogens with zero attached hydrogens (tertiary/aromatic N) is 3. The number of aryl methyl sites for hydroxylation is 1. The van der Waals surface area contributed by atoms with Crippen molar-refractivity contribution < 1.29 is 19.1 Å². The van der Waals surface area contributed by atoms with Crippen LogP contribution >= 0.6 is 34.8 Å². The Morgan fingerprint density at radius 1 is 1.05 bits per heavy atom. The van der Waals surface area contributed by atoms with Crippen molar-refractivity contribution >= 4 is 46.8 Å². The number of amides is 1. The molecule has 0 radical (unpaired) electrons. The normalized spacial score (nSPS) is 11.3. The molecule has 1 amide bonds. The number of benzene rings is 2. The smallest absolute Gasteiger partial charge is 0.329 e. The van der Waals surface area contributed by atoms with E-state index in [9.17, 15) is 9.59 Å². The maximum Gasteiger partial charge on any atom is 0.329 e. The molecule has 1 heterocycles. The Morgan fingerprint density at radius 2 is 1.74 bits per heavy atom. The van der Waals surface area contributed by atoms with Crippen LogP contribution in [0.25, 0.3) is 0 Å². The van der Waals surface area contributed by atoms with Crippen LogP contribution < -0.4 is 4.74 Å². The van der Waals surface area contributed by atoms with Crippen molar-refractivity contribution in [3.05, 3.63) is 80.8 Å². The average Bonchev–Trinajstić information content (AvgIpc) is 3.42. The number of carbonyl (C=O) groups is 2. The highest BCUT2D eigenvalue weighted by Gasteiger charge is 2.16. The standard InChI is InChI=1S/C15H16Cl3N3O2.C14H20O2/c1-2-4-20(15(22)21-5-3-19-10-21)6-7-23-14-12(17)8-11(16)9-13(14)18;1-5-7-14(15)16-12(4)13-9-6-8-10(2)11(13)3/h3,5,8-10H,2,4,6-7H2,1H3;6,8-9,12H,5,7H2,1-4H3. The van der Waals surface area contributed by atoms with Crippen LogP contribution in [0.4, 0.5) is 4.79 Å². The second kappa shape index (κ2) is 16.4. The predicted octanol–water partition coefficient (Wildman–Crippen LogP) is 8.31. The van der Waals surface area contributed by atoms with Gasteiger partial charge in [-0.25, -0.2) is 9.78 Å². The molecule has 212 valence electrons. The molecule has 0 spiro atoms. The van der Waals surface area contributed by atoms with E-state index in [0.717, 1.165) is 18.4 Å². The van der Waals surface area contributed by atoms with Gasteiger partial charge in [-0.15, -0.1) is 0 Å². The minimum Gasteiger partial charge on any atom is -0.489 e. The third-order valence-corrected chi connectivity index (χ3v) is 6.69. The number of ether oxygens (including phenoxy) is 2. The third kappa shape index (κ3) is 10.1. The average molecular weight is 597 g/mol. The summed E-state index contributed by atoms with van der Waals surface area (Å²) in [6.45, 7) is 11.3. The highest BCUT2D eigenvalue weighted by molar-refractivity contribution is 6.40. The number of imidazole rings is 1. The summed E-state index contributed by atoms with van der Waals surface area (Å²) in [7, 11) is 0. The van der Waals surface area contributed by atoms with Gasteiger partial charge in [0.1, 0.15) is 19.0 Å². The fraction of sp³-hybridized carbons (Fsp3) is 0.414. The summed E-state index contributed by atoms with van der Waals surface area (Å²) in [5, 5.41) is 1.12. The second-order valence-corrected chi connectivity index (χ2v) is 10.2. The number of halogens is 3. The van der Waals surface area contributed by atoms with E-state index in [1.54, 1.807) is 29.4 Å². The van der Waals surface area contributed by atoms with E-state index < -0.39 is 0 Å². The van der Waals surface area contributed by atoms with E-state index in [4.69, 9.17) is 44.3 Å². The molecule has 39 heavy (non-hydrogen) atoms. The molecule has 2 aromatic carbocycles. The molecule has 0 aliphatic carbocycles. The van der Waals surface area contributed by atoms with Crippen molar-refractivity contribution in [2.75, 3.05) is 19.7 Å². The van der Waals surface area contributed by atoms with Gasteiger partial charge in [-0.3, -0.25) is 9.36 Å². The van der Waals surface area contributed by atoms with Gasteiger partial charge in [0.25, 0.3) is 0 Å². The monoisotopic (exact) mass is 595 g/mol. The molecule has 10 heteroatoms. The molecule has 0 fully saturated rings. The van der Waals surface area contributed by atoms with Gasteiger partial charge in [0.15, 0.2) is 5.75 Å². The van der Waals surface area contributed by atoms with Gasteiger partial charge in [0.05, 0.1) is 16.6 Å². The molecule has 1 atom stereocenters. The second-order valence-electron chi connectivity index (χ2n) is 8.96. The van der Waals surface area contributed by atoms with E-state index >= 15 is 0 Å². The molecular weight excluding hydrogens is 561 g/mol. The topological polar surface area (TPSA) is 73.7 Å². The lowest BCUT2D eigenvalue weighted by Crippen LogP contribution is -2.37. The predicted molar refractivity (Wildman–Crippen MR) is 157 cm³/mol. The zero-order valence-electron chi connectivity index (χ0n) is 23.0. The van der Waals surface area contributed by atoms with Gasteiger partial charge < -0.3 is 14.4 Å². The van der Waals surface area contributed by atoms with Crippen molar-refractivity contribution in [3.63, 3.8) is 0 Å². The lowest BCUT2D eigenvalue weighted by atomic mass is 10.00. The third-order valence-electron chi connectivity index (χ3n) is 5.91. The van der Waals surface area contributed by atoms with Gasteiger partial charge >= 0.3 is 12.0 Å². The molecule has 0 aliphatic rings. The van der Waals surface area contributed by atoms with Crippen molar-refractivity contribution in [3.8, 4) is 5.75 Å². The molecule has 0 saturated heterocycles. The summed E-state index contributed by atoms with van der Waals surface area (Å²) in [6, 6.07) is 9.06. The van der Waals surface area contributed by atoms with E-state index in [-0.39, 0.29) is 24.7 Å². The van der Waals surface area contributed by atoms with Gasteiger partial charge in [-0.1, -0.05) is 66.8 Å². The first kappa shape index (κ1) is 32.5. The minimum atomic E-state index is -0.154. The van der Waals surface area contributed by atoms with Gasteiger partial charge in [0, 0.05) is 30.4 Å². The Hall–Kier alpha value is -2.74. The number of carbonyl (C=O) groups excluding carboxylic acids is 2. The Bertz CT molecular complexity index is 1200. The summed E-state index contributed by atoms with van der Waals surface area (Å²) in [4.78, 5) is 29.3. The number of aromatic nitrogens is 2. The highest BCUT2D eigenvalue weighted by atomic mass is 35.5. The van der Waals surface area contributed by atoms with Crippen molar-refractivity contribution in [1.82, 2.24) is 14.5 Å². The first-order valence-electron chi connectivity index (χ1n) is 12.9. The maximum absolute atomic E-state index is 12.3. The Labute approximate surface area is 246 Å². The van der Waals surface area contributed by atoms with Crippen LogP contribution in [0, 0.1) is 13.8 Å². The Morgan fingerprint density at radius 3 is 2.33 bits per heavy atom.